The number of carbonyl (C=O) groups is 1. The number of hydrogen-bond acceptors (Lipinski definition) is 3. The van der Waals surface area contributed by atoms with Crippen molar-refractivity contribution in [2.45, 2.75) is 51.1 Å². The van der Waals surface area contributed by atoms with Gasteiger partial charge in [-0.05, 0) is 98.5 Å². The molecule has 1 aliphatic heterocycles. The third-order valence-corrected chi connectivity index (χ3v) is 6.98. The van der Waals surface area contributed by atoms with Gasteiger partial charge in [0.15, 0.2) is 0 Å². The number of hydrogen-bond donors (Lipinski definition) is 0. The largest absolute Gasteiger partial charge is 0.493 e. The van der Waals surface area contributed by atoms with Crippen molar-refractivity contribution in [2.75, 3.05) is 26.7 Å². The second-order valence-electron chi connectivity index (χ2n) is 9.32. The minimum absolute atomic E-state index is 0.103. The number of likely N-dealkylation sites (tertiary alicyclic amines) is 1. The Hall–Kier alpha value is -2.33. The molecular formula is C26H32N2O2. The lowest BCUT2D eigenvalue weighted by molar-refractivity contribution is 0.0719. The Morgan fingerprint density at radius 1 is 1.07 bits per heavy atom. The van der Waals surface area contributed by atoms with Gasteiger partial charge in [0.1, 0.15) is 5.75 Å². The fraction of sp³-hybridized carbons (Fsp3) is 0.500. The topological polar surface area (TPSA) is 32.8 Å². The zero-order chi connectivity index (χ0) is 20.5. The molecule has 1 saturated carbocycles. The van der Waals surface area contributed by atoms with Crippen molar-refractivity contribution in [1.82, 2.24) is 9.80 Å². The van der Waals surface area contributed by atoms with Crippen LogP contribution in [0.15, 0.2) is 42.5 Å². The predicted octanol–water partition coefficient (Wildman–Crippen LogP) is 4.31. The summed E-state index contributed by atoms with van der Waals surface area (Å²) < 4.78 is 5.80. The van der Waals surface area contributed by atoms with Gasteiger partial charge in [-0.25, -0.2) is 0 Å². The number of likely N-dealkylation sites (N-methyl/N-ethyl adjacent to an activating group) is 1. The molecular weight excluding hydrogens is 372 g/mol. The molecule has 2 aliphatic carbocycles. The maximum Gasteiger partial charge on any atom is 0.253 e. The summed E-state index contributed by atoms with van der Waals surface area (Å²) in [7, 11) is 1.95. The third-order valence-electron chi connectivity index (χ3n) is 6.98. The molecule has 1 heterocycles. The lowest BCUT2D eigenvalue weighted by Gasteiger charge is -2.34. The Balaban J connectivity index is 1.19. The molecule has 1 saturated heterocycles. The molecule has 1 atom stereocenters. The summed E-state index contributed by atoms with van der Waals surface area (Å²) in [6.07, 6.45) is 6.94. The van der Waals surface area contributed by atoms with Gasteiger partial charge in [-0.15, -0.1) is 0 Å². The number of rotatable bonds is 7. The average molecular weight is 405 g/mol. The molecule has 158 valence electrons. The molecule has 4 nitrogen and oxygen atoms in total. The third kappa shape index (κ3) is 4.39. The van der Waals surface area contributed by atoms with Crippen LogP contribution in [0.1, 0.15) is 52.7 Å². The van der Waals surface area contributed by atoms with Crippen molar-refractivity contribution >= 4 is 5.91 Å². The van der Waals surface area contributed by atoms with Crippen LogP contribution in [0.2, 0.25) is 0 Å². The first kappa shape index (κ1) is 19.6. The van der Waals surface area contributed by atoms with Gasteiger partial charge < -0.3 is 9.64 Å². The first-order chi connectivity index (χ1) is 14.7. The Bertz CT molecular complexity index is 900. The monoisotopic (exact) mass is 404 g/mol. The summed E-state index contributed by atoms with van der Waals surface area (Å²) in [5, 5.41) is 0. The molecule has 2 aromatic rings. The molecule has 0 spiro atoms. The first-order valence-corrected chi connectivity index (χ1v) is 11.5. The number of nitrogens with zero attached hydrogens (tertiary/aromatic N) is 2. The van der Waals surface area contributed by atoms with Crippen LogP contribution in [0.4, 0.5) is 0 Å². The summed E-state index contributed by atoms with van der Waals surface area (Å²) >= 11 is 0. The lowest BCUT2D eigenvalue weighted by atomic mass is 9.86. The van der Waals surface area contributed by atoms with Gasteiger partial charge in [-0.2, -0.15) is 0 Å². The Morgan fingerprint density at radius 3 is 2.57 bits per heavy atom. The number of amides is 1. The van der Waals surface area contributed by atoms with Crippen LogP contribution in [-0.4, -0.2) is 48.5 Å². The van der Waals surface area contributed by atoms with Crippen molar-refractivity contribution in [3.8, 4) is 5.75 Å². The molecule has 1 amide bonds. The second kappa shape index (κ2) is 8.43. The normalized spacial score (nSPS) is 20.9. The predicted molar refractivity (Wildman–Crippen MR) is 119 cm³/mol. The Morgan fingerprint density at radius 2 is 1.87 bits per heavy atom. The highest BCUT2D eigenvalue weighted by atomic mass is 16.5. The molecule has 1 unspecified atom stereocenters. The summed E-state index contributed by atoms with van der Waals surface area (Å²) in [5.74, 6) is 1.70. The zero-order valence-corrected chi connectivity index (χ0v) is 18.0. The van der Waals surface area contributed by atoms with Crippen LogP contribution in [0.25, 0.3) is 0 Å². The van der Waals surface area contributed by atoms with Gasteiger partial charge in [0.05, 0.1) is 6.61 Å². The smallest absolute Gasteiger partial charge is 0.253 e. The summed E-state index contributed by atoms with van der Waals surface area (Å²) in [5.41, 5.74) is 5.05. The van der Waals surface area contributed by atoms with Crippen molar-refractivity contribution in [3.05, 3.63) is 64.7 Å². The minimum atomic E-state index is 0.103. The van der Waals surface area contributed by atoms with Gasteiger partial charge in [0, 0.05) is 25.2 Å². The average Bonchev–Trinajstić information content (AvgIpc) is 3.58. The van der Waals surface area contributed by atoms with Crippen LogP contribution < -0.4 is 4.74 Å². The Labute approximate surface area is 179 Å². The first-order valence-electron chi connectivity index (χ1n) is 11.5. The lowest BCUT2D eigenvalue weighted by Crippen LogP contribution is -2.40. The van der Waals surface area contributed by atoms with Crippen molar-refractivity contribution in [2.24, 2.45) is 5.92 Å². The molecule has 0 N–H and O–H groups in total. The SMILES string of the molecule is CN(C(=O)c1ccc(OCC2CC2)cc1)C1CCc2cc(CN3CCC3)ccc2C1. The van der Waals surface area contributed by atoms with E-state index in [1.165, 1.54) is 49.0 Å². The van der Waals surface area contributed by atoms with Crippen molar-refractivity contribution in [1.29, 1.82) is 0 Å². The summed E-state index contributed by atoms with van der Waals surface area (Å²) in [4.78, 5) is 17.5. The van der Waals surface area contributed by atoms with E-state index in [1.54, 1.807) is 0 Å². The van der Waals surface area contributed by atoms with E-state index in [4.69, 9.17) is 4.74 Å². The van der Waals surface area contributed by atoms with Crippen molar-refractivity contribution in [3.63, 3.8) is 0 Å². The van der Waals surface area contributed by atoms with Gasteiger partial charge in [0.2, 0.25) is 0 Å². The van der Waals surface area contributed by atoms with Crippen LogP contribution in [0.3, 0.4) is 0 Å². The van der Waals surface area contributed by atoms with E-state index in [0.717, 1.165) is 49.6 Å². The number of benzene rings is 2. The van der Waals surface area contributed by atoms with Crippen LogP contribution in [-0.2, 0) is 19.4 Å². The minimum Gasteiger partial charge on any atom is -0.493 e. The maximum absolute atomic E-state index is 13.0. The molecule has 30 heavy (non-hydrogen) atoms. The van der Waals surface area contributed by atoms with Crippen LogP contribution >= 0.6 is 0 Å². The quantitative estimate of drug-likeness (QED) is 0.689. The van der Waals surface area contributed by atoms with E-state index >= 15 is 0 Å². The van der Waals surface area contributed by atoms with Gasteiger partial charge in [0.25, 0.3) is 5.91 Å². The molecule has 0 bridgehead atoms. The fourth-order valence-corrected chi connectivity index (χ4v) is 4.58. The number of aryl methyl sites for hydroxylation is 1. The maximum atomic E-state index is 13.0. The van der Waals surface area contributed by atoms with E-state index in [9.17, 15) is 4.79 Å². The molecule has 0 radical (unpaired) electrons. The highest BCUT2D eigenvalue weighted by molar-refractivity contribution is 5.94. The fourth-order valence-electron chi connectivity index (χ4n) is 4.58. The number of fused-ring (bicyclic) bond motifs is 1. The standard InChI is InChI=1S/C26H32N2O2/c1-27(26(29)21-8-11-25(12-9-21)30-18-19-3-4-19)24-10-7-22-15-20(5-6-23(22)16-24)17-28-13-2-14-28/h5-6,8-9,11-12,15,19,24H,2-4,7,10,13-14,16-18H2,1H3. The van der Waals surface area contributed by atoms with E-state index in [0.29, 0.717) is 0 Å². The van der Waals surface area contributed by atoms with Gasteiger partial charge in [-0.1, -0.05) is 18.2 Å². The zero-order valence-electron chi connectivity index (χ0n) is 18.0. The summed E-state index contributed by atoms with van der Waals surface area (Å²) in [6.45, 7) is 4.35. The Kier molecular flexibility index (Phi) is 5.51. The highest BCUT2D eigenvalue weighted by Gasteiger charge is 2.26. The van der Waals surface area contributed by atoms with E-state index < -0.39 is 0 Å². The van der Waals surface area contributed by atoms with Crippen molar-refractivity contribution < 1.29 is 9.53 Å². The van der Waals surface area contributed by atoms with E-state index in [2.05, 4.69) is 23.1 Å². The van der Waals surface area contributed by atoms with Crippen LogP contribution in [0.5, 0.6) is 5.75 Å². The molecule has 2 fully saturated rings. The molecule has 2 aromatic carbocycles. The highest BCUT2D eigenvalue weighted by Crippen LogP contribution is 2.30. The molecule has 3 aliphatic rings. The van der Waals surface area contributed by atoms with E-state index in [1.807, 2.05) is 36.2 Å². The van der Waals surface area contributed by atoms with Crippen LogP contribution in [0, 0.1) is 5.92 Å². The number of ether oxygens (including phenoxy) is 1. The molecule has 4 heteroatoms. The van der Waals surface area contributed by atoms with E-state index in [-0.39, 0.29) is 11.9 Å². The van der Waals surface area contributed by atoms with Gasteiger partial charge in [-0.3, -0.25) is 9.69 Å². The molecule has 0 aromatic heterocycles. The number of carbonyl (C=O) groups excluding carboxylic acids is 1. The van der Waals surface area contributed by atoms with Gasteiger partial charge >= 0.3 is 0 Å². The summed E-state index contributed by atoms with van der Waals surface area (Å²) in [6, 6.07) is 14.9. The molecule has 5 rings (SSSR count). The second-order valence-corrected chi connectivity index (χ2v) is 9.32.